The average Bonchev–Trinajstić information content (AvgIpc) is 2.81. The molecule has 0 bridgehead atoms. The minimum absolute atomic E-state index is 0.181. The number of nitrogens with one attached hydrogen (secondary N) is 1. The van der Waals surface area contributed by atoms with Crippen LogP contribution in [0.4, 0.5) is 5.69 Å². The van der Waals surface area contributed by atoms with Crippen LogP contribution in [0.2, 0.25) is 0 Å². The quantitative estimate of drug-likeness (QED) is 0.664. The van der Waals surface area contributed by atoms with Gasteiger partial charge in [-0.05, 0) is 23.8 Å². The molecule has 2 N–H and O–H groups in total. The first-order chi connectivity index (χ1) is 10.6. The third-order valence-corrected chi connectivity index (χ3v) is 3.39. The molecule has 6 nitrogen and oxygen atoms in total. The molecule has 22 heavy (non-hydrogen) atoms. The Labute approximate surface area is 125 Å². The summed E-state index contributed by atoms with van der Waals surface area (Å²) in [6.07, 6.45) is 0. The zero-order valence-electron chi connectivity index (χ0n) is 11.3. The molecule has 1 aliphatic rings. The molecule has 0 atom stereocenters. The summed E-state index contributed by atoms with van der Waals surface area (Å²) in [7, 11) is 0. The Hall–Kier alpha value is -3.15. The van der Waals surface area contributed by atoms with E-state index >= 15 is 0 Å². The number of fused-ring (bicyclic) bond motifs is 1. The minimum atomic E-state index is -1.02. The minimum Gasteiger partial charge on any atom is -0.478 e. The molecule has 3 rings (SSSR count). The Bertz CT molecular complexity index is 797. The molecule has 0 radical (unpaired) electrons. The second-order valence-corrected chi connectivity index (χ2v) is 4.72. The average molecular weight is 297 g/mol. The standard InChI is InChI=1S/C16H11NO5/c18-14(19)10-5-2-1-4-9(10)8-17-12-7-3-6-11-13(12)16(21)22-15(11)20/h1-7,17H,8H2,(H,18,19). The molecule has 2 aromatic carbocycles. The van der Waals surface area contributed by atoms with Gasteiger partial charge in [0.1, 0.15) is 0 Å². The van der Waals surface area contributed by atoms with Gasteiger partial charge < -0.3 is 15.2 Å². The van der Waals surface area contributed by atoms with Crippen molar-refractivity contribution in [3.8, 4) is 0 Å². The molecule has 0 aromatic heterocycles. The van der Waals surface area contributed by atoms with E-state index in [-0.39, 0.29) is 23.2 Å². The summed E-state index contributed by atoms with van der Waals surface area (Å²) < 4.78 is 4.57. The molecule has 0 spiro atoms. The first-order valence-corrected chi connectivity index (χ1v) is 6.52. The molecule has 1 aliphatic heterocycles. The van der Waals surface area contributed by atoms with Crippen LogP contribution in [-0.2, 0) is 11.3 Å². The number of carbonyl (C=O) groups is 3. The monoisotopic (exact) mass is 297 g/mol. The topological polar surface area (TPSA) is 92.7 Å². The van der Waals surface area contributed by atoms with Crippen LogP contribution in [-0.4, -0.2) is 23.0 Å². The van der Waals surface area contributed by atoms with Crippen molar-refractivity contribution in [3.05, 3.63) is 64.7 Å². The van der Waals surface area contributed by atoms with E-state index in [1.54, 1.807) is 30.3 Å². The van der Waals surface area contributed by atoms with E-state index in [2.05, 4.69) is 10.1 Å². The van der Waals surface area contributed by atoms with E-state index in [0.717, 1.165) is 0 Å². The summed E-state index contributed by atoms with van der Waals surface area (Å²) >= 11 is 0. The van der Waals surface area contributed by atoms with Crippen molar-refractivity contribution in [3.63, 3.8) is 0 Å². The second kappa shape index (κ2) is 5.33. The highest BCUT2D eigenvalue weighted by molar-refractivity contribution is 6.17. The van der Waals surface area contributed by atoms with E-state index in [9.17, 15) is 14.4 Å². The normalized spacial score (nSPS) is 12.7. The van der Waals surface area contributed by atoms with Crippen LogP contribution < -0.4 is 5.32 Å². The maximum absolute atomic E-state index is 11.7. The van der Waals surface area contributed by atoms with Gasteiger partial charge >= 0.3 is 17.9 Å². The van der Waals surface area contributed by atoms with Gasteiger partial charge in [0.25, 0.3) is 0 Å². The van der Waals surface area contributed by atoms with Gasteiger partial charge in [-0.1, -0.05) is 24.3 Å². The van der Waals surface area contributed by atoms with Gasteiger partial charge in [0.15, 0.2) is 0 Å². The van der Waals surface area contributed by atoms with Gasteiger partial charge in [0, 0.05) is 12.2 Å². The van der Waals surface area contributed by atoms with Crippen molar-refractivity contribution in [1.29, 1.82) is 0 Å². The van der Waals surface area contributed by atoms with E-state index < -0.39 is 17.9 Å². The SMILES string of the molecule is O=C(O)c1ccccc1CNc1cccc2c1C(=O)OC2=O. The molecule has 0 saturated heterocycles. The Balaban J connectivity index is 1.89. The van der Waals surface area contributed by atoms with Gasteiger partial charge in [-0.25, -0.2) is 14.4 Å². The van der Waals surface area contributed by atoms with E-state index in [1.807, 2.05) is 0 Å². The molecule has 0 fully saturated rings. The lowest BCUT2D eigenvalue weighted by atomic mass is 10.1. The summed E-state index contributed by atoms with van der Waals surface area (Å²) in [5, 5.41) is 12.1. The van der Waals surface area contributed by atoms with Gasteiger partial charge in [-0.15, -0.1) is 0 Å². The molecule has 0 amide bonds. The largest absolute Gasteiger partial charge is 0.478 e. The van der Waals surface area contributed by atoms with Crippen LogP contribution in [0.3, 0.4) is 0 Å². The first-order valence-electron chi connectivity index (χ1n) is 6.52. The third-order valence-electron chi connectivity index (χ3n) is 3.39. The fourth-order valence-electron chi connectivity index (χ4n) is 2.35. The number of carbonyl (C=O) groups excluding carboxylic acids is 2. The Morgan fingerprint density at radius 2 is 1.82 bits per heavy atom. The number of cyclic esters (lactones) is 2. The number of hydrogen-bond acceptors (Lipinski definition) is 5. The highest BCUT2D eigenvalue weighted by Gasteiger charge is 2.32. The van der Waals surface area contributed by atoms with Crippen LogP contribution in [0.5, 0.6) is 0 Å². The number of benzene rings is 2. The number of anilines is 1. The van der Waals surface area contributed by atoms with Crippen molar-refractivity contribution in [2.45, 2.75) is 6.54 Å². The van der Waals surface area contributed by atoms with Crippen molar-refractivity contribution < 1.29 is 24.2 Å². The van der Waals surface area contributed by atoms with Crippen LogP contribution in [0, 0.1) is 0 Å². The maximum atomic E-state index is 11.7. The highest BCUT2D eigenvalue weighted by Crippen LogP contribution is 2.27. The van der Waals surface area contributed by atoms with Crippen molar-refractivity contribution >= 4 is 23.6 Å². The highest BCUT2D eigenvalue weighted by atomic mass is 16.6. The Morgan fingerprint density at radius 1 is 1.05 bits per heavy atom. The van der Waals surface area contributed by atoms with Gasteiger partial charge in [-0.2, -0.15) is 0 Å². The summed E-state index contributed by atoms with van der Waals surface area (Å²) in [4.78, 5) is 34.4. The Morgan fingerprint density at radius 3 is 2.59 bits per heavy atom. The molecule has 110 valence electrons. The summed E-state index contributed by atoms with van der Waals surface area (Å²) in [5.41, 5.74) is 1.59. The molecular weight excluding hydrogens is 286 g/mol. The van der Waals surface area contributed by atoms with Crippen molar-refractivity contribution in [2.24, 2.45) is 0 Å². The molecule has 6 heteroatoms. The lowest BCUT2D eigenvalue weighted by Gasteiger charge is -2.10. The zero-order valence-corrected chi connectivity index (χ0v) is 11.3. The number of hydrogen-bond donors (Lipinski definition) is 2. The fraction of sp³-hybridized carbons (Fsp3) is 0.0625. The van der Waals surface area contributed by atoms with Gasteiger partial charge in [-0.3, -0.25) is 0 Å². The number of esters is 2. The third kappa shape index (κ3) is 2.31. The predicted octanol–water partition coefficient (Wildman–Crippen LogP) is 2.31. The van der Waals surface area contributed by atoms with Gasteiger partial charge in [0.2, 0.25) is 0 Å². The van der Waals surface area contributed by atoms with Gasteiger partial charge in [0.05, 0.1) is 16.7 Å². The smallest absolute Gasteiger partial charge is 0.349 e. The molecular formula is C16H11NO5. The number of carboxylic acids is 1. The second-order valence-electron chi connectivity index (χ2n) is 4.72. The number of carboxylic acid groups (broad SMARTS) is 1. The zero-order chi connectivity index (χ0) is 15.7. The molecule has 0 saturated carbocycles. The Kier molecular flexibility index (Phi) is 3.34. The van der Waals surface area contributed by atoms with Crippen LogP contribution in [0.1, 0.15) is 36.6 Å². The van der Waals surface area contributed by atoms with Crippen LogP contribution in [0.15, 0.2) is 42.5 Å². The van der Waals surface area contributed by atoms with E-state index in [1.165, 1.54) is 12.1 Å². The first kappa shape index (κ1) is 13.8. The maximum Gasteiger partial charge on any atom is 0.349 e. The van der Waals surface area contributed by atoms with Crippen molar-refractivity contribution in [1.82, 2.24) is 0 Å². The van der Waals surface area contributed by atoms with Crippen LogP contribution >= 0.6 is 0 Å². The predicted molar refractivity (Wildman–Crippen MR) is 76.9 cm³/mol. The summed E-state index contributed by atoms with van der Waals surface area (Å²) in [5.74, 6) is -2.39. The number of ether oxygens (including phenoxy) is 1. The molecule has 0 unspecified atom stereocenters. The number of rotatable bonds is 4. The molecule has 1 heterocycles. The van der Waals surface area contributed by atoms with E-state index in [4.69, 9.17) is 5.11 Å². The van der Waals surface area contributed by atoms with Crippen molar-refractivity contribution in [2.75, 3.05) is 5.32 Å². The van der Waals surface area contributed by atoms with Crippen LogP contribution in [0.25, 0.3) is 0 Å². The molecule has 2 aromatic rings. The lowest BCUT2D eigenvalue weighted by molar-refractivity contribution is 0.0443. The fourth-order valence-corrected chi connectivity index (χ4v) is 2.35. The number of aromatic carboxylic acids is 1. The molecule has 0 aliphatic carbocycles. The lowest BCUT2D eigenvalue weighted by Crippen LogP contribution is -2.09. The van der Waals surface area contributed by atoms with E-state index in [0.29, 0.717) is 11.3 Å². The summed E-state index contributed by atoms with van der Waals surface area (Å²) in [6, 6.07) is 11.3. The summed E-state index contributed by atoms with van der Waals surface area (Å²) in [6.45, 7) is 0.209.